The summed E-state index contributed by atoms with van der Waals surface area (Å²) in [6, 6.07) is 0. The highest BCUT2D eigenvalue weighted by molar-refractivity contribution is 7.72. The van der Waals surface area contributed by atoms with Gasteiger partial charge in [-0.25, -0.2) is 0 Å². The molecule has 0 atom stereocenters. The van der Waals surface area contributed by atoms with Crippen molar-refractivity contribution in [2.45, 2.75) is 52.9 Å². The Bertz CT molecular complexity index is 404. The zero-order chi connectivity index (χ0) is 18.6. The number of hydrogen-bond donors (Lipinski definition) is 0. The Balaban J connectivity index is 5.64. The number of carbonyl (C=O) groups is 1. The standard InChI is InChI=1S/C14H30O8P2/c1-6-18-13(15)11-12-14(23(16,19-7-2)20-8-3)24(17,21-9-4)22-10-5/h14H,6-12H2,1-5H3. The summed E-state index contributed by atoms with van der Waals surface area (Å²) in [5.74, 6) is -0.485. The molecule has 0 aliphatic carbocycles. The fraction of sp³-hybridized carbons (Fsp3) is 0.929. The Morgan fingerprint density at radius 3 is 1.42 bits per heavy atom. The first kappa shape index (κ1) is 23.8. The predicted octanol–water partition coefficient (Wildman–Crippen LogP) is 4.19. The van der Waals surface area contributed by atoms with Crippen LogP contribution in [0.5, 0.6) is 0 Å². The summed E-state index contributed by atoms with van der Waals surface area (Å²) in [4.78, 5) is 11.7. The average Bonchev–Trinajstić information content (AvgIpc) is 2.48. The van der Waals surface area contributed by atoms with Gasteiger partial charge >= 0.3 is 21.2 Å². The Morgan fingerprint density at radius 1 is 0.750 bits per heavy atom. The van der Waals surface area contributed by atoms with Gasteiger partial charge in [-0.2, -0.15) is 0 Å². The summed E-state index contributed by atoms with van der Waals surface area (Å²) in [6.07, 6.45) is -0.139. The Hall–Kier alpha value is -0.230. The third kappa shape index (κ3) is 7.34. The first-order valence-electron chi connectivity index (χ1n) is 8.26. The summed E-state index contributed by atoms with van der Waals surface area (Å²) in [6.45, 7) is 8.94. The minimum absolute atomic E-state index is 0.0482. The minimum atomic E-state index is -3.81. The fourth-order valence-corrected chi connectivity index (χ4v) is 7.46. The van der Waals surface area contributed by atoms with Gasteiger partial charge in [-0.05, 0) is 41.0 Å². The molecular weight excluding hydrogens is 358 g/mol. The maximum absolute atomic E-state index is 13.2. The van der Waals surface area contributed by atoms with Crippen molar-refractivity contribution >= 4 is 21.2 Å². The molecule has 0 aromatic carbocycles. The van der Waals surface area contributed by atoms with Crippen LogP contribution in [0, 0.1) is 0 Å². The zero-order valence-corrected chi connectivity index (χ0v) is 17.0. The van der Waals surface area contributed by atoms with Crippen LogP contribution >= 0.6 is 15.2 Å². The second kappa shape index (κ2) is 12.2. The molecule has 0 radical (unpaired) electrons. The molecule has 10 heteroatoms. The SMILES string of the molecule is CCOC(=O)CCC(P(=O)(OCC)OCC)P(=O)(OCC)OCC. The van der Waals surface area contributed by atoms with Crippen molar-refractivity contribution in [3.63, 3.8) is 0 Å². The summed E-state index contributed by atoms with van der Waals surface area (Å²) >= 11 is 0. The molecule has 0 aliphatic heterocycles. The number of hydrogen-bond acceptors (Lipinski definition) is 8. The molecule has 0 aromatic rings. The van der Waals surface area contributed by atoms with E-state index in [9.17, 15) is 13.9 Å². The molecule has 0 heterocycles. The van der Waals surface area contributed by atoms with Crippen LogP contribution in [0.2, 0.25) is 0 Å². The molecule has 0 bridgehead atoms. The van der Waals surface area contributed by atoms with E-state index >= 15 is 0 Å². The van der Waals surface area contributed by atoms with Crippen LogP contribution in [0.3, 0.4) is 0 Å². The molecule has 0 unspecified atom stereocenters. The van der Waals surface area contributed by atoms with Crippen LogP contribution in [0.15, 0.2) is 0 Å². The molecule has 0 amide bonds. The molecule has 0 saturated heterocycles. The van der Waals surface area contributed by atoms with E-state index in [-0.39, 0.29) is 45.9 Å². The smallest absolute Gasteiger partial charge is 0.345 e. The van der Waals surface area contributed by atoms with Gasteiger partial charge in [0.1, 0.15) is 0 Å². The zero-order valence-electron chi connectivity index (χ0n) is 15.2. The largest absolute Gasteiger partial charge is 0.466 e. The van der Waals surface area contributed by atoms with Crippen molar-refractivity contribution in [3.8, 4) is 0 Å². The van der Waals surface area contributed by atoms with Gasteiger partial charge in [0.05, 0.1) is 33.0 Å². The highest BCUT2D eigenvalue weighted by Crippen LogP contribution is 2.71. The Labute approximate surface area is 144 Å². The first-order chi connectivity index (χ1) is 11.3. The van der Waals surface area contributed by atoms with Gasteiger partial charge in [0.15, 0.2) is 5.40 Å². The first-order valence-corrected chi connectivity index (χ1v) is 11.5. The fourth-order valence-electron chi connectivity index (χ4n) is 2.11. The van der Waals surface area contributed by atoms with E-state index in [1.165, 1.54) is 0 Å². The average molecular weight is 388 g/mol. The van der Waals surface area contributed by atoms with Crippen LogP contribution in [0.4, 0.5) is 0 Å². The Morgan fingerprint density at radius 2 is 1.12 bits per heavy atom. The molecule has 24 heavy (non-hydrogen) atoms. The lowest BCUT2D eigenvalue weighted by Crippen LogP contribution is -2.19. The molecule has 0 rings (SSSR count). The van der Waals surface area contributed by atoms with Crippen molar-refractivity contribution < 1.29 is 36.8 Å². The van der Waals surface area contributed by atoms with E-state index in [4.69, 9.17) is 22.8 Å². The third-order valence-corrected chi connectivity index (χ3v) is 9.02. The summed E-state index contributed by atoms with van der Waals surface area (Å²) in [5, 5.41) is -1.19. The normalized spacial score (nSPS) is 12.6. The van der Waals surface area contributed by atoms with Crippen LogP contribution < -0.4 is 0 Å². The molecule has 0 fully saturated rings. The number of rotatable bonds is 14. The van der Waals surface area contributed by atoms with Gasteiger partial charge in [-0.15, -0.1) is 0 Å². The topological polar surface area (TPSA) is 97.4 Å². The molecular formula is C14H30O8P2. The number of ether oxygens (including phenoxy) is 1. The van der Waals surface area contributed by atoms with Gasteiger partial charge in [0, 0.05) is 6.42 Å². The number of carbonyl (C=O) groups excluding carboxylic acids is 1. The van der Waals surface area contributed by atoms with Gasteiger partial charge in [0.25, 0.3) is 0 Å². The molecule has 144 valence electrons. The summed E-state index contributed by atoms with van der Waals surface area (Å²) < 4.78 is 52.4. The molecule has 8 nitrogen and oxygen atoms in total. The van der Waals surface area contributed by atoms with E-state index in [1.807, 2.05) is 0 Å². The van der Waals surface area contributed by atoms with Crippen LogP contribution in [0.25, 0.3) is 0 Å². The monoisotopic (exact) mass is 388 g/mol. The highest BCUT2D eigenvalue weighted by Gasteiger charge is 2.50. The lowest BCUT2D eigenvalue weighted by atomic mass is 10.3. The van der Waals surface area contributed by atoms with Gasteiger partial charge < -0.3 is 22.8 Å². The van der Waals surface area contributed by atoms with Crippen molar-refractivity contribution in [2.75, 3.05) is 33.0 Å². The second-order valence-electron chi connectivity index (χ2n) is 4.58. The highest BCUT2D eigenvalue weighted by atomic mass is 31.2. The molecule has 0 aromatic heterocycles. The van der Waals surface area contributed by atoms with Crippen molar-refractivity contribution in [2.24, 2.45) is 0 Å². The van der Waals surface area contributed by atoms with Crippen molar-refractivity contribution in [1.29, 1.82) is 0 Å². The lowest BCUT2D eigenvalue weighted by Gasteiger charge is -2.31. The predicted molar refractivity (Wildman–Crippen MR) is 91.4 cm³/mol. The Kier molecular flexibility index (Phi) is 12.1. The minimum Gasteiger partial charge on any atom is -0.466 e. The van der Waals surface area contributed by atoms with Gasteiger partial charge in [-0.1, -0.05) is 0 Å². The molecule has 0 saturated carbocycles. The van der Waals surface area contributed by atoms with Gasteiger partial charge in [-0.3, -0.25) is 13.9 Å². The van der Waals surface area contributed by atoms with E-state index in [0.717, 1.165) is 0 Å². The quantitative estimate of drug-likeness (QED) is 0.323. The van der Waals surface area contributed by atoms with Crippen LogP contribution in [-0.2, 0) is 36.8 Å². The second-order valence-corrected chi connectivity index (χ2v) is 9.42. The maximum atomic E-state index is 13.2. The van der Waals surface area contributed by atoms with E-state index in [1.54, 1.807) is 34.6 Å². The third-order valence-electron chi connectivity index (χ3n) is 2.88. The summed E-state index contributed by atoms with van der Waals surface area (Å²) in [7, 11) is -7.61. The van der Waals surface area contributed by atoms with Crippen LogP contribution in [0.1, 0.15) is 47.5 Å². The lowest BCUT2D eigenvalue weighted by molar-refractivity contribution is -0.143. The van der Waals surface area contributed by atoms with Crippen LogP contribution in [-0.4, -0.2) is 44.4 Å². The number of esters is 1. The van der Waals surface area contributed by atoms with Crippen molar-refractivity contribution in [1.82, 2.24) is 0 Å². The van der Waals surface area contributed by atoms with E-state index in [2.05, 4.69) is 0 Å². The molecule has 0 aliphatic rings. The molecule has 0 spiro atoms. The van der Waals surface area contributed by atoms with Gasteiger partial charge in [0.2, 0.25) is 0 Å². The van der Waals surface area contributed by atoms with Crippen molar-refractivity contribution in [3.05, 3.63) is 0 Å². The molecule has 0 N–H and O–H groups in total. The van der Waals surface area contributed by atoms with E-state index < -0.39 is 26.6 Å². The maximum Gasteiger partial charge on any atom is 0.345 e. The van der Waals surface area contributed by atoms with E-state index in [0.29, 0.717) is 0 Å². The summed E-state index contributed by atoms with van der Waals surface area (Å²) in [5.41, 5.74) is 0.